The number of hydrogen-bond acceptors (Lipinski definition) is 5. The minimum Gasteiger partial charge on any atom is -0.465 e. The second-order valence-electron chi connectivity index (χ2n) is 5.45. The number of piperazine rings is 1. The van der Waals surface area contributed by atoms with Gasteiger partial charge in [0.05, 0.1) is 18.4 Å². The highest BCUT2D eigenvalue weighted by Gasteiger charge is 2.22. The SMILES string of the molecule is COC(=O)c1ccccc1NC(=O)CC(=O)N1CCN(C)CC1. The van der Waals surface area contributed by atoms with E-state index in [0.717, 1.165) is 13.1 Å². The minimum atomic E-state index is -0.536. The number of esters is 1. The highest BCUT2D eigenvalue weighted by atomic mass is 16.5. The zero-order valence-electron chi connectivity index (χ0n) is 13.4. The van der Waals surface area contributed by atoms with E-state index in [2.05, 4.69) is 15.0 Å². The Labute approximate surface area is 135 Å². The van der Waals surface area contributed by atoms with Crippen LogP contribution in [0.2, 0.25) is 0 Å². The Kier molecular flexibility index (Phi) is 5.70. The number of nitrogens with one attached hydrogen (secondary N) is 1. The largest absolute Gasteiger partial charge is 0.465 e. The first kappa shape index (κ1) is 17.0. The third-order valence-electron chi connectivity index (χ3n) is 3.77. The van der Waals surface area contributed by atoms with Gasteiger partial charge < -0.3 is 19.9 Å². The molecule has 7 nitrogen and oxygen atoms in total. The summed E-state index contributed by atoms with van der Waals surface area (Å²) in [4.78, 5) is 39.7. The molecule has 1 aliphatic rings. The Morgan fingerprint density at radius 2 is 1.78 bits per heavy atom. The van der Waals surface area contributed by atoms with Crippen LogP contribution in [0.4, 0.5) is 5.69 Å². The Bertz CT molecular complexity index is 595. The van der Waals surface area contributed by atoms with E-state index in [1.165, 1.54) is 7.11 Å². The third-order valence-corrected chi connectivity index (χ3v) is 3.77. The van der Waals surface area contributed by atoms with Gasteiger partial charge >= 0.3 is 5.97 Å². The minimum absolute atomic E-state index is 0.203. The quantitative estimate of drug-likeness (QED) is 0.648. The molecule has 0 saturated carbocycles. The molecule has 124 valence electrons. The van der Waals surface area contributed by atoms with Gasteiger partial charge in [0.25, 0.3) is 0 Å². The van der Waals surface area contributed by atoms with Crippen LogP contribution >= 0.6 is 0 Å². The van der Waals surface area contributed by atoms with Gasteiger partial charge in [0.15, 0.2) is 0 Å². The Balaban J connectivity index is 1.95. The van der Waals surface area contributed by atoms with Crippen molar-refractivity contribution >= 4 is 23.5 Å². The van der Waals surface area contributed by atoms with Gasteiger partial charge in [0.1, 0.15) is 6.42 Å². The summed E-state index contributed by atoms with van der Waals surface area (Å²) in [5, 5.41) is 2.61. The van der Waals surface area contributed by atoms with Crippen molar-refractivity contribution in [2.24, 2.45) is 0 Å². The van der Waals surface area contributed by atoms with E-state index in [0.29, 0.717) is 18.8 Å². The van der Waals surface area contributed by atoms with Crippen LogP contribution in [-0.4, -0.2) is 67.9 Å². The molecule has 0 atom stereocenters. The van der Waals surface area contributed by atoms with Crippen LogP contribution in [0.25, 0.3) is 0 Å². The van der Waals surface area contributed by atoms with E-state index >= 15 is 0 Å². The lowest BCUT2D eigenvalue weighted by Gasteiger charge is -2.32. The molecule has 23 heavy (non-hydrogen) atoms. The van der Waals surface area contributed by atoms with Gasteiger partial charge in [-0.1, -0.05) is 12.1 Å². The van der Waals surface area contributed by atoms with Gasteiger partial charge in [-0.25, -0.2) is 4.79 Å². The number of benzene rings is 1. The van der Waals surface area contributed by atoms with Crippen LogP contribution in [0.5, 0.6) is 0 Å². The fraction of sp³-hybridized carbons (Fsp3) is 0.438. The number of amides is 2. The first-order chi connectivity index (χ1) is 11.0. The van der Waals surface area contributed by atoms with Gasteiger partial charge in [-0.2, -0.15) is 0 Å². The molecular weight excluding hydrogens is 298 g/mol. The maximum atomic E-state index is 12.1. The average molecular weight is 319 g/mol. The first-order valence-electron chi connectivity index (χ1n) is 7.44. The van der Waals surface area contributed by atoms with Crippen molar-refractivity contribution in [3.8, 4) is 0 Å². The zero-order chi connectivity index (χ0) is 16.8. The van der Waals surface area contributed by atoms with Gasteiger partial charge in [-0.05, 0) is 19.2 Å². The molecule has 0 aromatic heterocycles. The number of likely N-dealkylation sites (N-methyl/N-ethyl adjacent to an activating group) is 1. The van der Waals surface area contributed by atoms with Gasteiger partial charge in [-0.15, -0.1) is 0 Å². The molecule has 1 aromatic rings. The summed E-state index contributed by atoms with van der Waals surface area (Å²) < 4.78 is 4.67. The number of nitrogens with zero attached hydrogens (tertiary/aromatic N) is 2. The molecule has 0 aliphatic carbocycles. The number of rotatable bonds is 4. The molecule has 2 rings (SSSR count). The number of carbonyl (C=O) groups excluding carboxylic acids is 3. The second-order valence-corrected chi connectivity index (χ2v) is 5.45. The lowest BCUT2D eigenvalue weighted by Crippen LogP contribution is -2.47. The van der Waals surface area contributed by atoms with Crippen molar-refractivity contribution in [2.45, 2.75) is 6.42 Å². The Morgan fingerprint density at radius 3 is 2.43 bits per heavy atom. The molecule has 1 fully saturated rings. The summed E-state index contributed by atoms with van der Waals surface area (Å²) in [6, 6.07) is 6.54. The predicted octanol–water partition coefficient (Wildman–Crippen LogP) is 0.576. The van der Waals surface area contributed by atoms with Crippen LogP contribution in [0.15, 0.2) is 24.3 Å². The van der Waals surface area contributed by atoms with Crippen molar-refractivity contribution in [2.75, 3.05) is 45.7 Å². The molecule has 1 N–H and O–H groups in total. The fourth-order valence-electron chi connectivity index (χ4n) is 2.38. The molecule has 0 bridgehead atoms. The second kappa shape index (κ2) is 7.73. The molecule has 1 aromatic carbocycles. The summed E-state index contributed by atoms with van der Waals surface area (Å²) in [7, 11) is 3.27. The van der Waals surface area contributed by atoms with E-state index in [-0.39, 0.29) is 17.9 Å². The molecule has 2 amide bonds. The van der Waals surface area contributed by atoms with Crippen LogP contribution in [0, 0.1) is 0 Å². The number of carbonyl (C=O) groups is 3. The lowest BCUT2D eigenvalue weighted by atomic mass is 10.1. The van der Waals surface area contributed by atoms with Crippen molar-refractivity contribution in [1.29, 1.82) is 0 Å². The molecule has 1 saturated heterocycles. The van der Waals surface area contributed by atoms with E-state index in [1.807, 2.05) is 7.05 Å². The van der Waals surface area contributed by atoms with E-state index < -0.39 is 11.9 Å². The van der Waals surface area contributed by atoms with E-state index in [9.17, 15) is 14.4 Å². The summed E-state index contributed by atoms with van der Waals surface area (Å²) >= 11 is 0. The van der Waals surface area contributed by atoms with Crippen molar-refractivity contribution in [3.05, 3.63) is 29.8 Å². The number of hydrogen-bond donors (Lipinski definition) is 1. The van der Waals surface area contributed by atoms with Gasteiger partial charge in [-0.3, -0.25) is 9.59 Å². The lowest BCUT2D eigenvalue weighted by molar-refractivity contribution is -0.135. The highest BCUT2D eigenvalue weighted by molar-refractivity contribution is 6.06. The van der Waals surface area contributed by atoms with Gasteiger partial charge in [0.2, 0.25) is 11.8 Å². The summed E-state index contributed by atoms with van der Waals surface area (Å²) in [5.74, 6) is -1.18. The number of anilines is 1. The highest BCUT2D eigenvalue weighted by Crippen LogP contribution is 2.16. The first-order valence-corrected chi connectivity index (χ1v) is 7.44. The van der Waals surface area contributed by atoms with Gasteiger partial charge in [0, 0.05) is 26.2 Å². The van der Waals surface area contributed by atoms with Crippen LogP contribution < -0.4 is 5.32 Å². The Morgan fingerprint density at radius 1 is 1.13 bits per heavy atom. The van der Waals surface area contributed by atoms with Crippen molar-refractivity contribution in [3.63, 3.8) is 0 Å². The van der Waals surface area contributed by atoms with Crippen molar-refractivity contribution < 1.29 is 19.1 Å². The molecule has 1 heterocycles. The number of ether oxygens (including phenoxy) is 1. The number of methoxy groups -OCH3 is 1. The molecule has 0 radical (unpaired) electrons. The van der Waals surface area contributed by atoms with E-state index in [1.54, 1.807) is 29.2 Å². The average Bonchev–Trinajstić information content (AvgIpc) is 2.55. The Hall–Kier alpha value is -2.41. The fourth-order valence-corrected chi connectivity index (χ4v) is 2.38. The van der Waals surface area contributed by atoms with Crippen LogP contribution in [-0.2, 0) is 14.3 Å². The standard InChI is InChI=1S/C16H21N3O4/c1-18-7-9-19(10-8-18)15(21)11-14(20)17-13-6-4-3-5-12(13)16(22)23-2/h3-6H,7-11H2,1-2H3,(H,17,20). The summed E-state index contributed by atoms with van der Waals surface area (Å²) in [6.45, 7) is 2.86. The topological polar surface area (TPSA) is 78.9 Å². The third kappa shape index (κ3) is 4.53. The zero-order valence-corrected chi connectivity index (χ0v) is 13.4. The molecule has 7 heteroatoms. The van der Waals surface area contributed by atoms with E-state index in [4.69, 9.17) is 0 Å². The molecule has 0 unspecified atom stereocenters. The van der Waals surface area contributed by atoms with Crippen LogP contribution in [0.3, 0.4) is 0 Å². The normalized spacial score (nSPS) is 15.1. The number of para-hydroxylation sites is 1. The smallest absolute Gasteiger partial charge is 0.339 e. The van der Waals surface area contributed by atoms with Crippen molar-refractivity contribution in [1.82, 2.24) is 9.80 Å². The predicted molar refractivity (Wildman–Crippen MR) is 85.1 cm³/mol. The molecular formula is C16H21N3O4. The molecule has 0 spiro atoms. The monoisotopic (exact) mass is 319 g/mol. The summed E-state index contributed by atoms with van der Waals surface area (Å²) in [6.07, 6.45) is -0.237. The molecule has 1 aliphatic heterocycles. The maximum absolute atomic E-state index is 12.1. The van der Waals surface area contributed by atoms with Crippen LogP contribution in [0.1, 0.15) is 16.8 Å². The maximum Gasteiger partial charge on any atom is 0.339 e. The summed E-state index contributed by atoms with van der Waals surface area (Å²) in [5.41, 5.74) is 0.603.